The van der Waals surface area contributed by atoms with Gasteiger partial charge in [-0.05, 0) is 19.4 Å². The Morgan fingerprint density at radius 1 is 1.11 bits per heavy atom. The van der Waals surface area contributed by atoms with Crippen LogP contribution in [0.15, 0.2) is 25.0 Å². The van der Waals surface area contributed by atoms with Gasteiger partial charge in [0.25, 0.3) is 0 Å². The average molecular weight is 271 g/mol. The van der Waals surface area contributed by atoms with Gasteiger partial charge in [-0.3, -0.25) is 0 Å². The molecule has 0 aliphatic carbocycles. The van der Waals surface area contributed by atoms with Crippen molar-refractivity contribution >= 4 is 11.9 Å². The van der Waals surface area contributed by atoms with Gasteiger partial charge in [0.2, 0.25) is 0 Å². The highest BCUT2D eigenvalue weighted by molar-refractivity contribution is 5.91. The lowest BCUT2D eigenvalue weighted by molar-refractivity contribution is -0.139. The molecule has 108 valence electrons. The fraction of sp³-hybridized carbons (Fsp3) is 0.538. The molecule has 6 heteroatoms. The summed E-state index contributed by atoms with van der Waals surface area (Å²) >= 11 is 0. The number of hydrogen-bond acceptors (Lipinski definition) is 6. The quantitative estimate of drug-likeness (QED) is 0.259. The molecule has 0 fully saturated rings. The molecule has 0 heterocycles. The van der Waals surface area contributed by atoms with Gasteiger partial charge in [0, 0.05) is 18.7 Å². The van der Waals surface area contributed by atoms with Crippen molar-refractivity contribution in [2.24, 2.45) is 0 Å². The molecule has 0 saturated carbocycles. The Morgan fingerprint density at radius 2 is 1.84 bits per heavy atom. The molecule has 19 heavy (non-hydrogen) atoms. The highest BCUT2D eigenvalue weighted by Crippen LogP contribution is 1.91. The maximum absolute atomic E-state index is 11.1. The summed E-state index contributed by atoms with van der Waals surface area (Å²) < 4.78 is 14.2. The van der Waals surface area contributed by atoms with Crippen molar-refractivity contribution in [1.29, 1.82) is 0 Å². The fourth-order valence-corrected chi connectivity index (χ4v) is 1.12. The Kier molecular flexibility index (Phi) is 11.4. The van der Waals surface area contributed by atoms with Gasteiger partial charge in [-0.25, -0.2) is 9.59 Å². The minimum atomic E-state index is -0.581. The third kappa shape index (κ3) is 12.4. The van der Waals surface area contributed by atoms with E-state index in [2.05, 4.69) is 16.6 Å². The topological polar surface area (TPSA) is 73.9 Å². The molecule has 1 N–H and O–H groups in total. The second-order valence-corrected chi connectivity index (χ2v) is 3.52. The van der Waals surface area contributed by atoms with E-state index in [4.69, 9.17) is 9.47 Å². The van der Waals surface area contributed by atoms with Crippen LogP contribution in [0.25, 0.3) is 0 Å². The van der Waals surface area contributed by atoms with Crippen LogP contribution in [-0.4, -0.2) is 45.4 Å². The van der Waals surface area contributed by atoms with Gasteiger partial charge in [0.15, 0.2) is 0 Å². The number of nitrogens with one attached hydrogen (secondary N) is 1. The highest BCUT2D eigenvalue weighted by atomic mass is 16.5. The predicted octanol–water partition coefficient (Wildman–Crippen LogP) is 0.789. The molecule has 6 nitrogen and oxygen atoms in total. The monoisotopic (exact) mass is 271 g/mol. The lowest BCUT2D eigenvalue weighted by atomic mass is 10.3. The molecular formula is C13H21NO5. The van der Waals surface area contributed by atoms with Crippen LogP contribution in [0.3, 0.4) is 0 Å². The van der Waals surface area contributed by atoms with Crippen LogP contribution in [0.2, 0.25) is 0 Å². The number of rotatable bonds is 11. The smallest absolute Gasteiger partial charge is 0.331 e. The average Bonchev–Trinajstić information content (AvgIpc) is 2.42. The predicted molar refractivity (Wildman–Crippen MR) is 70.4 cm³/mol. The number of esters is 2. The lowest BCUT2D eigenvalue weighted by Crippen LogP contribution is -2.20. The summed E-state index contributed by atoms with van der Waals surface area (Å²) in [4.78, 5) is 21.8. The molecule has 0 spiro atoms. The van der Waals surface area contributed by atoms with E-state index in [0.29, 0.717) is 13.2 Å². The summed E-state index contributed by atoms with van der Waals surface area (Å²) in [5, 5.41) is 3.17. The first-order valence-corrected chi connectivity index (χ1v) is 6.06. The number of carbonyl (C=O) groups excluding carboxylic acids is 2. The molecule has 0 unspecified atom stereocenters. The number of ether oxygens (including phenoxy) is 3. The molecule has 0 aromatic carbocycles. The van der Waals surface area contributed by atoms with Crippen LogP contribution in [0.4, 0.5) is 0 Å². The summed E-state index contributed by atoms with van der Waals surface area (Å²) in [6.45, 7) is 5.94. The molecular weight excluding hydrogens is 250 g/mol. The van der Waals surface area contributed by atoms with E-state index < -0.39 is 11.9 Å². The Labute approximate surface area is 113 Å². The van der Waals surface area contributed by atoms with E-state index in [1.54, 1.807) is 0 Å². The van der Waals surface area contributed by atoms with Gasteiger partial charge >= 0.3 is 11.9 Å². The van der Waals surface area contributed by atoms with E-state index in [-0.39, 0.29) is 0 Å². The molecule has 0 aliphatic rings. The maximum Gasteiger partial charge on any atom is 0.331 e. The zero-order valence-electron chi connectivity index (χ0n) is 11.2. The molecule has 0 radical (unpaired) electrons. The van der Waals surface area contributed by atoms with Gasteiger partial charge in [0.05, 0.1) is 26.6 Å². The van der Waals surface area contributed by atoms with Crippen molar-refractivity contribution in [3.05, 3.63) is 25.0 Å². The third-order valence-corrected chi connectivity index (χ3v) is 2.06. The number of hydrogen-bond donors (Lipinski definition) is 1. The molecule has 0 amide bonds. The van der Waals surface area contributed by atoms with E-state index in [0.717, 1.165) is 38.1 Å². The number of carbonyl (C=O) groups is 2. The first-order chi connectivity index (χ1) is 9.20. The van der Waals surface area contributed by atoms with Crippen LogP contribution in [0.5, 0.6) is 0 Å². The third-order valence-electron chi connectivity index (χ3n) is 2.06. The Hall–Kier alpha value is -1.82. The van der Waals surface area contributed by atoms with Gasteiger partial charge in [-0.2, -0.15) is 0 Å². The van der Waals surface area contributed by atoms with Gasteiger partial charge in [-0.15, -0.1) is 0 Å². The van der Waals surface area contributed by atoms with Crippen molar-refractivity contribution in [2.45, 2.75) is 12.8 Å². The minimum absolute atomic E-state index is 0.329. The van der Waals surface area contributed by atoms with Crippen molar-refractivity contribution in [1.82, 2.24) is 5.32 Å². The fourth-order valence-electron chi connectivity index (χ4n) is 1.12. The van der Waals surface area contributed by atoms with Gasteiger partial charge in [0.1, 0.15) is 0 Å². The zero-order valence-corrected chi connectivity index (χ0v) is 11.2. The van der Waals surface area contributed by atoms with E-state index in [1.165, 1.54) is 13.4 Å². The first-order valence-electron chi connectivity index (χ1n) is 6.06. The second kappa shape index (κ2) is 12.6. The largest absolute Gasteiger partial charge is 0.500 e. The van der Waals surface area contributed by atoms with E-state index in [1.807, 2.05) is 0 Å². The summed E-state index contributed by atoms with van der Waals surface area (Å²) in [6.07, 6.45) is 5.14. The van der Waals surface area contributed by atoms with Crippen LogP contribution in [0, 0.1) is 0 Å². The number of methoxy groups -OCH3 is 1. The van der Waals surface area contributed by atoms with Gasteiger partial charge in [-0.1, -0.05) is 6.58 Å². The summed E-state index contributed by atoms with van der Waals surface area (Å²) in [6, 6.07) is 0. The Bertz CT molecular complexity index is 301. The highest BCUT2D eigenvalue weighted by Gasteiger charge is 1.99. The molecule has 0 aromatic rings. The minimum Gasteiger partial charge on any atom is -0.500 e. The standard InChI is InChI=1S/C13H21NO5/c1-3-18-11-9-14-8-4-5-10-19-13(16)7-6-12(15)17-2/h3,6-7,14H,1,4-5,8-11H2,2H3/b7-6+. The van der Waals surface area contributed by atoms with E-state index in [9.17, 15) is 9.59 Å². The summed E-state index contributed by atoms with van der Waals surface area (Å²) in [7, 11) is 1.24. The molecule has 0 bridgehead atoms. The van der Waals surface area contributed by atoms with Crippen LogP contribution < -0.4 is 5.32 Å². The molecule has 0 rings (SSSR count). The van der Waals surface area contributed by atoms with Gasteiger partial charge < -0.3 is 19.5 Å². The van der Waals surface area contributed by atoms with Crippen molar-refractivity contribution in [3.63, 3.8) is 0 Å². The Morgan fingerprint density at radius 3 is 2.53 bits per heavy atom. The van der Waals surface area contributed by atoms with Crippen LogP contribution in [-0.2, 0) is 23.8 Å². The van der Waals surface area contributed by atoms with Crippen LogP contribution >= 0.6 is 0 Å². The van der Waals surface area contributed by atoms with Crippen molar-refractivity contribution in [3.8, 4) is 0 Å². The first kappa shape index (κ1) is 17.2. The maximum atomic E-state index is 11.1. The van der Waals surface area contributed by atoms with E-state index >= 15 is 0 Å². The zero-order chi connectivity index (χ0) is 14.3. The normalized spacial score (nSPS) is 10.2. The SMILES string of the molecule is C=COCCNCCCCOC(=O)/C=C/C(=O)OC. The summed E-state index contributed by atoms with van der Waals surface area (Å²) in [5.41, 5.74) is 0. The van der Waals surface area contributed by atoms with Crippen LogP contribution in [0.1, 0.15) is 12.8 Å². The second-order valence-electron chi connectivity index (χ2n) is 3.52. The Balaban J connectivity index is 3.34. The number of unbranched alkanes of at least 4 members (excludes halogenated alkanes) is 1. The molecule has 0 atom stereocenters. The molecule has 0 aromatic heterocycles. The van der Waals surface area contributed by atoms with Crippen molar-refractivity contribution in [2.75, 3.05) is 33.4 Å². The lowest BCUT2D eigenvalue weighted by Gasteiger charge is -2.04. The molecule has 0 aliphatic heterocycles. The van der Waals surface area contributed by atoms with Crippen molar-refractivity contribution < 1.29 is 23.8 Å². The summed E-state index contributed by atoms with van der Waals surface area (Å²) in [5.74, 6) is -1.12. The molecule has 0 saturated heterocycles.